The van der Waals surface area contributed by atoms with Gasteiger partial charge in [-0.25, -0.2) is 0 Å². The summed E-state index contributed by atoms with van der Waals surface area (Å²) in [6.07, 6.45) is 1.91. The highest BCUT2D eigenvalue weighted by atomic mass is 16.5. The minimum atomic E-state index is -0.598. The molecular formula is C29H28N8O4. The van der Waals surface area contributed by atoms with Crippen molar-refractivity contribution in [1.82, 2.24) is 24.8 Å². The van der Waals surface area contributed by atoms with Crippen molar-refractivity contribution in [2.75, 3.05) is 62.3 Å². The number of para-hydroxylation sites is 1. The number of primary amides is 1. The van der Waals surface area contributed by atoms with Crippen molar-refractivity contribution in [2.45, 2.75) is 0 Å². The number of amides is 2. The molecule has 2 aliphatic rings. The molecule has 2 aromatic carbocycles. The van der Waals surface area contributed by atoms with E-state index in [-0.39, 0.29) is 17.2 Å². The zero-order valence-corrected chi connectivity index (χ0v) is 22.2. The third kappa shape index (κ3) is 4.72. The van der Waals surface area contributed by atoms with Gasteiger partial charge in [0.25, 0.3) is 11.8 Å². The van der Waals surface area contributed by atoms with Gasteiger partial charge in [0.05, 0.1) is 18.8 Å². The number of ether oxygens (including phenoxy) is 1. The predicted octanol–water partition coefficient (Wildman–Crippen LogP) is 2.66. The second-order valence-corrected chi connectivity index (χ2v) is 10.1. The molecule has 2 fully saturated rings. The lowest BCUT2D eigenvalue weighted by atomic mass is 10.1. The van der Waals surface area contributed by atoms with Gasteiger partial charge in [0, 0.05) is 67.3 Å². The van der Waals surface area contributed by atoms with Crippen molar-refractivity contribution in [2.24, 2.45) is 5.73 Å². The molecule has 41 heavy (non-hydrogen) atoms. The highest BCUT2D eigenvalue weighted by molar-refractivity contribution is 6.06. The molecule has 2 amide bonds. The Kier molecular flexibility index (Phi) is 6.23. The molecule has 5 heterocycles. The summed E-state index contributed by atoms with van der Waals surface area (Å²) in [7, 11) is 0. The van der Waals surface area contributed by atoms with E-state index < -0.39 is 5.91 Å². The molecule has 0 saturated carbocycles. The summed E-state index contributed by atoms with van der Waals surface area (Å²) >= 11 is 0. The number of aromatic nitrogens is 4. The summed E-state index contributed by atoms with van der Waals surface area (Å²) in [5.74, 6) is 1.14. The van der Waals surface area contributed by atoms with E-state index in [1.807, 2.05) is 24.4 Å². The number of rotatable bonds is 5. The number of H-pyrrole nitrogens is 1. The molecular weight excluding hydrogens is 524 g/mol. The topological polar surface area (TPSA) is 147 Å². The lowest BCUT2D eigenvalue weighted by Gasteiger charge is -2.35. The highest BCUT2D eigenvalue weighted by Gasteiger charge is 2.28. The van der Waals surface area contributed by atoms with Gasteiger partial charge >= 0.3 is 0 Å². The highest BCUT2D eigenvalue weighted by Crippen LogP contribution is 2.27. The molecule has 0 unspecified atom stereocenters. The molecule has 3 aromatic heterocycles. The van der Waals surface area contributed by atoms with Gasteiger partial charge in [-0.15, -0.1) is 0 Å². The monoisotopic (exact) mass is 552 g/mol. The molecule has 5 aromatic rings. The van der Waals surface area contributed by atoms with Gasteiger partial charge in [-0.05, 0) is 36.4 Å². The molecule has 2 aliphatic heterocycles. The number of morpholine rings is 1. The Hall–Kier alpha value is -4.97. The zero-order chi connectivity index (χ0) is 27.9. The average Bonchev–Trinajstić information content (AvgIpc) is 3.68. The van der Waals surface area contributed by atoms with E-state index in [1.54, 1.807) is 29.2 Å². The minimum Gasteiger partial charge on any atom is -0.450 e. The summed E-state index contributed by atoms with van der Waals surface area (Å²) < 4.78 is 11.3. The lowest BCUT2D eigenvalue weighted by molar-refractivity contribution is 0.0716. The first kappa shape index (κ1) is 25.0. The van der Waals surface area contributed by atoms with Crippen LogP contribution in [0.25, 0.3) is 33.3 Å². The molecule has 208 valence electrons. The third-order valence-electron chi connectivity index (χ3n) is 7.59. The largest absolute Gasteiger partial charge is 0.450 e. The van der Waals surface area contributed by atoms with Gasteiger partial charge < -0.3 is 34.6 Å². The van der Waals surface area contributed by atoms with Crippen LogP contribution in [0.1, 0.15) is 20.9 Å². The second-order valence-electron chi connectivity index (χ2n) is 10.1. The molecule has 3 N–H and O–H groups in total. The summed E-state index contributed by atoms with van der Waals surface area (Å²) in [5.41, 5.74) is 8.01. The van der Waals surface area contributed by atoms with Crippen molar-refractivity contribution in [3.63, 3.8) is 0 Å². The van der Waals surface area contributed by atoms with Crippen molar-refractivity contribution in [3.05, 3.63) is 66.1 Å². The molecule has 0 bridgehead atoms. The van der Waals surface area contributed by atoms with Gasteiger partial charge in [0.2, 0.25) is 11.9 Å². The average molecular weight is 553 g/mol. The van der Waals surface area contributed by atoms with Crippen molar-refractivity contribution in [1.29, 1.82) is 0 Å². The zero-order valence-electron chi connectivity index (χ0n) is 22.2. The number of hydrogen-bond donors (Lipinski definition) is 2. The van der Waals surface area contributed by atoms with Crippen molar-refractivity contribution < 1.29 is 18.7 Å². The van der Waals surface area contributed by atoms with Crippen LogP contribution in [-0.4, -0.2) is 89.1 Å². The van der Waals surface area contributed by atoms with Crippen LogP contribution in [0.2, 0.25) is 0 Å². The number of nitrogens with two attached hydrogens (primary N) is 1. The van der Waals surface area contributed by atoms with Crippen LogP contribution >= 0.6 is 0 Å². The van der Waals surface area contributed by atoms with E-state index >= 15 is 0 Å². The standard InChI is InChI=1S/C29H28N8O4/c30-25(38)21-3-1-2-19-17-23(41-24(19)21)27(39)35-8-10-36(11-9-35)28-32-26(20-4-5-22-18(16-20)6-7-31-22)33-29(34-28)37-12-14-40-15-13-37/h1-7,16-17,31H,8-15H2,(H2,30,38). The van der Waals surface area contributed by atoms with Crippen LogP contribution in [0.3, 0.4) is 0 Å². The summed E-state index contributed by atoms with van der Waals surface area (Å²) in [6, 6.07) is 14.9. The second kappa shape index (κ2) is 10.2. The molecule has 2 saturated heterocycles. The Bertz CT molecular complexity index is 1770. The Morgan fingerprint density at radius 1 is 0.829 bits per heavy atom. The van der Waals surface area contributed by atoms with E-state index in [2.05, 4.69) is 20.9 Å². The number of anilines is 2. The van der Waals surface area contributed by atoms with E-state index in [9.17, 15) is 9.59 Å². The SMILES string of the molecule is NC(=O)c1cccc2cc(C(=O)N3CCN(c4nc(-c5ccc6[nH]ccc6c5)nc(N5CCOCC5)n4)CC3)oc12. The van der Waals surface area contributed by atoms with Crippen molar-refractivity contribution in [3.8, 4) is 11.4 Å². The number of furan rings is 1. The molecule has 0 atom stereocenters. The molecule has 0 radical (unpaired) electrons. The van der Waals surface area contributed by atoms with E-state index in [1.165, 1.54) is 0 Å². The smallest absolute Gasteiger partial charge is 0.289 e. The number of carbonyl (C=O) groups excluding carboxylic acids is 2. The van der Waals surface area contributed by atoms with Crippen LogP contribution in [0.15, 0.2) is 59.1 Å². The van der Waals surface area contributed by atoms with E-state index in [0.29, 0.717) is 81.2 Å². The van der Waals surface area contributed by atoms with Crippen molar-refractivity contribution >= 4 is 45.6 Å². The molecule has 12 nitrogen and oxygen atoms in total. The first-order valence-corrected chi connectivity index (χ1v) is 13.6. The fourth-order valence-electron chi connectivity index (χ4n) is 5.35. The normalized spacial score (nSPS) is 16.0. The first-order valence-electron chi connectivity index (χ1n) is 13.6. The Balaban J connectivity index is 1.14. The molecule has 12 heteroatoms. The summed E-state index contributed by atoms with van der Waals surface area (Å²) in [6.45, 7) is 4.66. The fraction of sp³-hybridized carbons (Fsp3) is 0.276. The lowest BCUT2D eigenvalue weighted by Crippen LogP contribution is -2.49. The van der Waals surface area contributed by atoms with Crippen LogP contribution in [0.4, 0.5) is 11.9 Å². The Morgan fingerprint density at radius 3 is 2.34 bits per heavy atom. The fourth-order valence-corrected chi connectivity index (χ4v) is 5.35. The van der Waals surface area contributed by atoms with Gasteiger partial charge in [-0.3, -0.25) is 9.59 Å². The van der Waals surface area contributed by atoms with Gasteiger partial charge in [-0.2, -0.15) is 15.0 Å². The minimum absolute atomic E-state index is 0.180. The number of fused-ring (bicyclic) bond motifs is 2. The van der Waals surface area contributed by atoms with Crippen LogP contribution in [-0.2, 0) is 4.74 Å². The molecule has 0 spiro atoms. The van der Waals surface area contributed by atoms with Crippen LogP contribution in [0, 0.1) is 0 Å². The number of hydrogen-bond acceptors (Lipinski definition) is 9. The number of nitrogens with one attached hydrogen (secondary N) is 1. The maximum atomic E-state index is 13.3. The Labute approximate surface area is 234 Å². The van der Waals surface area contributed by atoms with E-state index in [4.69, 9.17) is 29.8 Å². The van der Waals surface area contributed by atoms with Gasteiger partial charge in [0.15, 0.2) is 11.6 Å². The number of carbonyl (C=O) groups is 2. The predicted molar refractivity (Wildman–Crippen MR) is 153 cm³/mol. The quantitative estimate of drug-likeness (QED) is 0.336. The maximum Gasteiger partial charge on any atom is 0.289 e. The van der Waals surface area contributed by atoms with Crippen LogP contribution < -0.4 is 15.5 Å². The van der Waals surface area contributed by atoms with Gasteiger partial charge in [-0.1, -0.05) is 12.1 Å². The van der Waals surface area contributed by atoms with E-state index in [0.717, 1.165) is 16.5 Å². The first-order chi connectivity index (χ1) is 20.0. The molecule has 0 aliphatic carbocycles. The number of benzene rings is 2. The van der Waals surface area contributed by atoms with Crippen LogP contribution in [0.5, 0.6) is 0 Å². The number of nitrogens with zero attached hydrogens (tertiary/aromatic N) is 6. The Morgan fingerprint density at radius 2 is 1.59 bits per heavy atom. The summed E-state index contributed by atoms with van der Waals surface area (Å²) in [5, 5.41) is 1.74. The number of piperazine rings is 1. The number of aromatic amines is 1. The maximum absolute atomic E-state index is 13.3. The molecule has 7 rings (SSSR count). The summed E-state index contributed by atoms with van der Waals surface area (Å²) in [4.78, 5) is 48.8. The third-order valence-corrected chi connectivity index (χ3v) is 7.59. The van der Waals surface area contributed by atoms with Gasteiger partial charge in [0.1, 0.15) is 5.58 Å².